The van der Waals surface area contributed by atoms with Crippen LogP contribution in [0.25, 0.3) is 0 Å². The van der Waals surface area contributed by atoms with E-state index in [4.69, 9.17) is 4.74 Å². The molecule has 1 aromatic rings. The SMILES string of the molecule is COC(=O)[C@@H](Cc1cccc(C(F)(F)F)c1)NC(=O)[C@H]1CCOC1. The molecule has 1 aromatic carbocycles. The van der Waals surface area contributed by atoms with Crippen LogP contribution in [0.4, 0.5) is 13.2 Å². The first-order valence-corrected chi connectivity index (χ1v) is 7.43. The molecular formula is C16H18F3NO4. The number of esters is 1. The molecule has 24 heavy (non-hydrogen) atoms. The molecule has 0 saturated carbocycles. The van der Waals surface area contributed by atoms with Crippen molar-refractivity contribution in [3.63, 3.8) is 0 Å². The van der Waals surface area contributed by atoms with E-state index >= 15 is 0 Å². The molecule has 8 heteroatoms. The summed E-state index contributed by atoms with van der Waals surface area (Å²) in [6.07, 6.45) is -4.01. The second-order valence-corrected chi connectivity index (χ2v) is 5.55. The van der Waals surface area contributed by atoms with Gasteiger partial charge < -0.3 is 14.8 Å². The van der Waals surface area contributed by atoms with E-state index in [0.29, 0.717) is 13.0 Å². The second kappa shape index (κ2) is 7.65. The number of methoxy groups -OCH3 is 1. The topological polar surface area (TPSA) is 64.6 Å². The fraction of sp³-hybridized carbons (Fsp3) is 0.500. The molecule has 5 nitrogen and oxygen atoms in total. The average Bonchev–Trinajstić information content (AvgIpc) is 3.07. The zero-order chi connectivity index (χ0) is 17.7. The van der Waals surface area contributed by atoms with Gasteiger partial charge in [-0.3, -0.25) is 4.79 Å². The van der Waals surface area contributed by atoms with Crippen LogP contribution in [-0.2, 0) is 31.7 Å². The zero-order valence-corrected chi connectivity index (χ0v) is 13.1. The minimum Gasteiger partial charge on any atom is -0.467 e. The van der Waals surface area contributed by atoms with Crippen LogP contribution in [0, 0.1) is 5.92 Å². The van der Waals surface area contributed by atoms with E-state index in [2.05, 4.69) is 10.1 Å². The number of ether oxygens (including phenoxy) is 2. The largest absolute Gasteiger partial charge is 0.467 e. The summed E-state index contributed by atoms with van der Waals surface area (Å²) in [6, 6.07) is 3.59. The quantitative estimate of drug-likeness (QED) is 0.829. The van der Waals surface area contributed by atoms with Crippen molar-refractivity contribution in [2.75, 3.05) is 20.3 Å². The normalized spacial score (nSPS) is 18.9. The van der Waals surface area contributed by atoms with Crippen molar-refractivity contribution in [2.24, 2.45) is 5.92 Å². The second-order valence-electron chi connectivity index (χ2n) is 5.55. The van der Waals surface area contributed by atoms with Crippen LogP contribution < -0.4 is 5.32 Å². The maximum atomic E-state index is 12.8. The minimum absolute atomic E-state index is 0.0874. The molecule has 0 bridgehead atoms. The van der Waals surface area contributed by atoms with E-state index < -0.39 is 23.8 Å². The summed E-state index contributed by atoms with van der Waals surface area (Å²) in [5.41, 5.74) is -0.526. The van der Waals surface area contributed by atoms with Gasteiger partial charge in [-0.25, -0.2) is 4.79 Å². The van der Waals surface area contributed by atoms with Gasteiger partial charge in [-0.1, -0.05) is 18.2 Å². The van der Waals surface area contributed by atoms with Gasteiger partial charge in [0.25, 0.3) is 0 Å². The molecule has 1 aliphatic heterocycles. The Bertz CT molecular complexity index is 597. The first kappa shape index (κ1) is 18.3. The third-order valence-corrected chi connectivity index (χ3v) is 3.80. The fourth-order valence-electron chi connectivity index (χ4n) is 2.48. The summed E-state index contributed by atoms with van der Waals surface area (Å²) >= 11 is 0. The molecule has 0 unspecified atom stereocenters. The lowest BCUT2D eigenvalue weighted by molar-refractivity contribution is -0.145. The number of halogens is 3. The monoisotopic (exact) mass is 345 g/mol. The Balaban J connectivity index is 2.11. The highest BCUT2D eigenvalue weighted by molar-refractivity contribution is 5.86. The highest BCUT2D eigenvalue weighted by Crippen LogP contribution is 2.29. The molecule has 1 fully saturated rings. The molecule has 0 aromatic heterocycles. The first-order valence-electron chi connectivity index (χ1n) is 7.43. The number of benzene rings is 1. The van der Waals surface area contributed by atoms with Gasteiger partial charge in [0.05, 0.1) is 25.2 Å². The van der Waals surface area contributed by atoms with Crippen molar-refractivity contribution in [1.29, 1.82) is 0 Å². The van der Waals surface area contributed by atoms with Crippen LogP contribution in [-0.4, -0.2) is 38.2 Å². The van der Waals surface area contributed by atoms with Gasteiger partial charge in [-0.2, -0.15) is 13.2 Å². The summed E-state index contributed by atoms with van der Waals surface area (Å²) in [6.45, 7) is 0.734. The predicted octanol–water partition coefficient (Wildman–Crippen LogP) is 1.94. The molecule has 0 spiro atoms. The lowest BCUT2D eigenvalue weighted by atomic mass is 10.0. The Hall–Kier alpha value is -2.09. The maximum absolute atomic E-state index is 12.8. The molecule has 1 saturated heterocycles. The van der Waals surface area contributed by atoms with Gasteiger partial charge >= 0.3 is 12.1 Å². The van der Waals surface area contributed by atoms with Crippen LogP contribution in [0.2, 0.25) is 0 Å². The first-order chi connectivity index (χ1) is 11.3. The predicted molar refractivity (Wildman–Crippen MR) is 78.0 cm³/mol. The molecule has 0 aliphatic carbocycles. The summed E-state index contributed by atoms with van der Waals surface area (Å²) in [5, 5.41) is 2.54. The molecular weight excluding hydrogens is 327 g/mol. The van der Waals surface area contributed by atoms with E-state index in [1.807, 2.05) is 0 Å². The number of hydrogen-bond donors (Lipinski definition) is 1. The van der Waals surface area contributed by atoms with Crippen molar-refractivity contribution in [3.8, 4) is 0 Å². The maximum Gasteiger partial charge on any atom is 0.416 e. The van der Waals surface area contributed by atoms with Crippen molar-refractivity contribution in [1.82, 2.24) is 5.32 Å². The number of carbonyl (C=O) groups excluding carboxylic acids is 2. The fourth-order valence-corrected chi connectivity index (χ4v) is 2.48. The lowest BCUT2D eigenvalue weighted by Gasteiger charge is -2.19. The van der Waals surface area contributed by atoms with E-state index in [-0.39, 0.29) is 30.4 Å². The highest BCUT2D eigenvalue weighted by Gasteiger charge is 2.32. The number of carbonyl (C=O) groups is 2. The van der Waals surface area contributed by atoms with Crippen molar-refractivity contribution in [3.05, 3.63) is 35.4 Å². The average molecular weight is 345 g/mol. The third-order valence-electron chi connectivity index (χ3n) is 3.80. The Morgan fingerprint density at radius 2 is 2.17 bits per heavy atom. The van der Waals surface area contributed by atoms with Gasteiger partial charge in [-0.15, -0.1) is 0 Å². The van der Waals surface area contributed by atoms with Crippen LogP contribution in [0.1, 0.15) is 17.5 Å². The van der Waals surface area contributed by atoms with Gasteiger partial charge in [0, 0.05) is 13.0 Å². The van der Waals surface area contributed by atoms with E-state index in [1.54, 1.807) is 0 Å². The number of rotatable bonds is 5. The van der Waals surface area contributed by atoms with Crippen LogP contribution in [0.3, 0.4) is 0 Å². The van der Waals surface area contributed by atoms with Gasteiger partial charge in [-0.05, 0) is 18.1 Å². The Morgan fingerprint density at radius 1 is 1.42 bits per heavy atom. The molecule has 2 atom stereocenters. The van der Waals surface area contributed by atoms with Crippen LogP contribution in [0.15, 0.2) is 24.3 Å². The number of amides is 1. The Morgan fingerprint density at radius 3 is 2.75 bits per heavy atom. The van der Waals surface area contributed by atoms with Gasteiger partial charge in [0.1, 0.15) is 6.04 Å². The number of nitrogens with one attached hydrogen (secondary N) is 1. The molecule has 1 N–H and O–H groups in total. The van der Waals surface area contributed by atoms with E-state index in [1.165, 1.54) is 12.1 Å². The molecule has 132 valence electrons. The molecule has 2 rings (SSSR count). The van der Waals surface area contributed by atoms with Crippen LogP contribution >= 0.6 is 0 Å². The smallest absolute Gasteiger partial charge is 0.416 e. The van der Waals surface area contributed by atoms with Crippen molar-refractivity contribution >= 4 is 11.9 Å². The van der Waals surface area contributed by atoms with Crippen LogP contribution in [0.5, 0.6) is 0 Å². The van der Waals surface area contributed by atoms with Gasteiger partial charge in [0.15, 0.2) is 0 Å². The highest BCUT2D eigenvalue weighted by atomic mass is 19.4. The molecule has 0 radical (unpaired) electrons. The minimum atomic E-state index is -4.47. The lowest BCUT2D eigenvalue weighted by Crippen LogP contribution is -2.45. The van der Waals surface area contributed by atoms with Gasteiger partial charge in [0.2, 0.25) is 5.91 Å². The zero-order valence-electron chi connectivity index (χ0n) is 13.1. The summed E-state index contributed by atoms with van der Waals surface area (Å²) in [5.74, 6) is -1.44. The third kappa shape index (κ3) is 4.70. The number of alkyl halides is 3. The Kier molecular flexibility index (Phi) is 5.82. The van der Waals surface area contributed by atoms with E-state index in [9.17, 15) is 22.8 Å². The Labute approximate surface area is 137 Å². The van der Waals surface area contributed by atoms with Crippen molar-refractivity contribution in [2.45, 2.75) is 25.1 Å². The molecule has 1 aliphatic rings. The summed E-state index contributed by atoms with van der Waals surface area (Å²) < 4.78 is 48.1. The summed E-state index contributed by atoms with van der Waals surface area (Å²) in [4.78, 5) is 24.0. The van der Waals surface area contributed by atoms with Crippen molar-refractivity contribution < 1.29 is 32.2 Å². The number of hydrogen-bond acceptors (Lipinski definition) is 4. The summed E-state index contributed by atoms with van der Waals surface area (Å²) in [7, 11) is 1.16. The molecule has 1 heterocycles. The van der Waals surface area contributed by atoms with E-state index in [0.717, 1.165) is 19.2 Å². The molecule has 1 amide bonds. The standard InChI is InChI=1S/C16H18F3NO4/c1-23-15(22)13(20-14(21)11-5-6-24-9-11)8-10-3-2-4-12(7-10)16(17,18)19/h2-4,7,11,13H,5-6,8-9H2,1H3,(H,20,21)/t11-,13+/m0/s1.